The van der Waals surface area contributed by atoms with Crippen molar-refractivity contribution in [2.75, 3.05) is 0 Å². The molecule has 0 spiro atoms. The van der Waals surface area contributed by atoms with Gasteiger partial charge in [0.05, 0.1) is 0 Å². The Balaban J connectivity index is 0. The predicted molar refractivity (Wildman–Crippen MR) is 7.15 cm³/mol. The van der Waals surface area contributed by atoms with Crippen molar-refractivity contribution in [3.63, 3.8) is 0 Å². The van der Waals surface area contributed by atoms with Crippen molar-refractivity contribution in [1.82, 2.24) is 0 Å². The van der Waals surface area contributed by atoms with Crippen LogP contribution in [0.5, 0.6) is 0 Å². The molecule has 0 aromatic carbocycles. The molecule has 0 rings (SSSR count). The molecule has 0 aromatic heterocycles. The van der Waals surface area contributed by atoms with E-state index in [9.17, 15) is 0 Å². The molecule has 0 N–H and O–H groups in total. The average Bonchev–Trinajstić information content (AvgIpc) is 0. The Hall–Kier alpha value is 3.32. The smallest absolute Gasteiger partial charge is 0 e. The van der Waals surface area contributed by atoms with E-state index >= 15 is 0 Å². The van der Waals surface area contributed by atoms with Crippen LogP contribution in [0.4, 0.5) is 0 Å². The number of rotatable bonds is 0. The third kappa shape index (κ3) is 9.01. The molecule has 0 nitrogen and oxygen atoms in total. The van der Waals surface area contributed by atoms with Gasteiger partial charge in [0.1, 0.15) is 0 Å². The van der Waals surface area contributed by atoms with Gasteiger partial charge in [-0.15, -0.1) is 0 Å². The molecule has 0 aromatic rings. The van der Waals surface area contributed by atoms with E-state index in [2.05, 4.69) is 0 Å². The SMILES string of the molecule is [Co].[KH].[Mo].[Ni]. The summed E-state index contributed by atoms with van der Waals surface area (Å²) < 4.78 is 0. The first kappa shape index (κ1) is 26.5. The van der Waals surface area contributed by atoms with Crippen LogP contribution in [0, 0.1) is 0 Å². The minimum absolute atomic E-state index is 0. The van der Waals surface area contributed by atoms with Crippen LogP contribution in [0.15, 0.2) is 0 Å². The Morgan fingerprint density at radius 1 is 1.00 bits per heavy atom. The van der Waals surface area contributed by atoms with E-state index < -0.39 is 0 Å². The zero-order chi connectivity index (χ0) is 0. The van der Waals surface area contributed by atoms with Crippen LogP contribution in [0.25, 0.3) is 0 Å². The van der Waals surface area contributed by atoms with Crippen molar-refractivity contribution in [2.45, 2.75) is 0 Å². The molecule has 4 heavy (non-hydrogen) atoms. The first-order valence-electron chi connectivity index (χ1n) is 0. The van der Waals surface area contributed by atoms with Gasteiger partial charge >= 0.3 is 51.4 Å². The van der Waals surface area contributed by atoms with Gasteiger partial charge in [0.2, 0.25) is 0 Å². The molecule has 0 aliphatic rings. The van der Waals surface area contributed by atoms with Gasteiger partial charge in [0.15, 0.2) is 0 Å². The zero-order valence-electron chi connectivity index (χ0n) is 1.06. The summed E-state index contributed by atoms with van der Waals surface area (Å²) in [5, 5.41) is 0. The van der Waals surface area contributed by atoms with Crippen LogP contribution >= 0.6 is 0 Å². The van der Waals surface area contributed by atoms with Crippen LogP contribution in [0.1, 0.15) is 0 Å². The summed E-state index contributed by atoms with van der Waals surface area (Å²) in [6, 6.07) is 0. The molecule has 0 fully saturated rings. The Morgan fingerprint density at radius 2 is 1.00 bits per heavy atom. The van der Waals surface area contributed by atoms with E-state index in [1.165, 1.54) is 0 Å². The van der Waals surface area contributed by atoms with Crippen molar-refractivity contribution in [3.8, 4) is 0 Å². The first-order valence-corrected chi connectivity index (χ1v) is 0. The maximum Gasteiger partial charge on any atom is 0 e. The van der Waals surface area contributed by atoms with Gasteiger partial charge in [-0.05, 0) is 0 Å². The van der Waals surface area contributed by atoms with Crippen molar-refractivity contribution in [1.29, 1.82) is 0 Å². The van der Waals surface area contributed by atoms with Crippen LogP contribution < -0.4 is 0 Å². The van der Waals surface area contributed by atoms with Gasteiger partial charge in [0.25, 0.3) is 0 Å². The Kier molecular flexibility index (Phi) is 108. The zero-order valence-corrected chi connectivity index (χ0v) is 5.09. The van der Waals surface area contributed by atoms with Crippen LogP contribution in [0.2, 0.25) is 0 Å². The standard InChI is InChI=1S/Co.K.Mo.Ni.H. The summed E-state index contributed by atoms with van der Waals surface area (Å²) in [4.78, 5) is 0. The van der Waals surface area contributed by atoms with Crippen LogP contribution in [0.3, 0.4) is 0 Å². The molecule has 0 unspecified atom stereocenters. The van der Waals surface area contributed by atoms with Crippen molar-refractivity contribution < 1.29 is 54.3 Å². The molecule has 0 saturated carbocycles. The Labute approximate surface area is 103 Å². The van der Waals surface area contributed by atoms with Gasteiger partial charge < -0.3 is 0 Å². The maximum atomic E-state index is 0. The minimum atomic E-state index is 0. The van der Waals surface area contributed by atoms with Crippen molar-refractivity contribution in [2.24, 2.45) is 0 Å². The predicted octanol–water partition coefficient (Wildman–Crippen LogP) is -0.656. The van der Waals surface area contributed by atoms with E-state index in [1.54, 1.807) is 0 Å². The van der Waals surface area contributed by atoms with Crippen LogP contribution in [-0.2, 0) is 54.3 Å². The quantitative estimate of drug-likeness (QED) is 0.503. The summed E-state index contributed by atoms with van der Waals surface area (Å²) in [5.74, 6) is 0. The molecule has 0 atom stereocenters. The normalized spacial score (nSPS) is 0. The molecular formula is HCoKMoNi. The monoisotopic (exact) mass is 255 g/mol. The van der Waals surface area contributed by atoms with Crippen LogP contribution in [-0.4, -0.2) is 51.4 Å². The van der Waals surface area contributed by atoms with Gasteiger partial charge in [-0.25, -0.2) is 0 Å². The average molecular weight is 254 g/mol. The molecule has 0 amide bonds. The van der Waals surface area contributed by atoms with E-state index in [1.807, 2.05) is 0 Å². The molecular weight excluding hydrogens is 253 g/mol. The third-order valence-electron chi connectivity index (χ3n) is 0. The second kappa shape index (κ2) is 16.2. The largest absolute Gasteiger partial charge is 0 e. The van der Waals surface area contributed by atoms with E-state index in [0.29, 0.717) is 0 Å². The molecule has 1 radical (unpaired) electrons. The minimum Gasteiger partial charge on any atom is 0 e. The van der Waals surface area contributed by atoms with Crippen molar-refractivity contribution in [3.05, 3.63) is 0 Å². The number of hydrogen-bond donors (Lipinski definition) is 0. The topological polar surface area (TPSA) is 0 Å². The summed E-state index contributed by atoms with van der Waals surface area (Å²) in [7, 11) is 0. The molecule has 0 bridgehead atoms. The summed E-state index contributed by atoms with van der Waals surface area (Å²) in [6.45, 7) is 0. The Bertz CT molecular complexity index is 8.00. The molecule has 0 aliphatic carbocycles. The van der Waals surface area contributed by atoms with Gasteiger partial charge in [-0.2, -0.15) is 0 Å². The molecule has 0 saturated heterocycles. The first-order chi connectivity index (χ1) is 0. The summed E-state index contributed by atoms with van der Waals surface area (Å²) >= 11 is 0. The summed E-state index contributed by atoms with van der Waals surface area (Å²) in [6.07, 6.45) is 0. The second-order valence-electron chi connectivity index (χ2n) is 0. The number of hydrogen-bond acceptors (Lipinski definition) is 0. The third-order valence-corrected chi connectivity index (χ3v) is 0. The van der Waals surface area contributed by atoms with Gasteiger partial charge in [0, 0.05) is 54.3 Å². The Morgan fingerprint density at radius 3 is 1.00 bits per heavy atom. The van der Waals surface area contributed by atoms with Gasteiger partial charge in [-0.3, -0.25) is 0 Å². The van der Waals surface area contributed by atoms with E-state index in [0.717, 1.165) is 0 Å². The maximum absolute atomic E-state index is 0. The molecule has 0 aliphatic heterocycles. The second-order valence-corrected chi connectivity index (χ2v) is 0. The fourth-order valence-electron chi connectivity index (χ4n) is 0. The fourth-order valence-corrected chi connectivity index (χ4v) is 0. The van der Waals surface area contributed by atoms with E-state index in [4.69, 9.17) is 0 Å². The fraction of sp³-hybridized carbons (Fsp3) is 0. The van der Waals surface area contributed by atoms with Crippen molar-refractivity contribution >= 4 is 51.4 Å². The van der Waals surface area contributed by atoms with E-state index in [-0.39, 0.29) is 106 Å². The summed E-state index contributed by atoms with van der Waals surface area (Å²) in [5.41, 5.74) is 0. The molecule has 0 heterocycles. The molecule has 27 valence electrons. The molecule has 4 heteroatoms. The van der Waals surface area contributed by atoms with Gasteiger partial charge in [-0.1, -0.05) is 0 Å².